The molecule has 0 saturated carbocycles. The Morgan fingerprint density at radius 2 is 2.33 bits per heavy atom. The van der Waals surface area contributed by atoms with E-state index in [0.29, 0.717) is 5.69 Å². The Morgan fingerprint density at radius 3 is 2.80 bits per heavy atom. The lowest BCUT2D eigenvalue weighted by molar-refractivity contribution is 0.294. The molecular formula is C8H15N3O3S. The molecule has 6 nitrogen and oxygen atoms in total. The lowest BCUT2D eigenvalue weighted by Crippen LogP contribution is -2.34. The number of nitrogens with one attached hydrogen (secondary N) is 1. The van der Waals surface area contributed by atoms with Crippen LogP contribution in [0.2, 0.25) is 0 Å². The zero-order valence-electron chi connectivity index (χ0n) is 8.71. The van der Waals surface area contributed by atoms with Crippen LogP contribution in [0.3, 0.4) is 0 Å². The first-order valence-corrected chi connectivity index (χ1v) is 6.08. The second kappa shape index (κ2) is 4.73. The number of aliphatic hydroxyl groups is 1. The van der Waals surface area contributed by atoms with E-state index in [1.165, 1.54) is 6.92 Å². The van der Waals surface area contributed by atoms with Gasteiger partial charge in [-0.25, -0.2) is 13.1 Å². The Kier molecular flexibility index (Phi) is 3.83. The molecule has 0 aliphatic rings. The van der Waals surface area contributed by atoms with Crippen LogP contribution in [0.1, 0.15) is 12.6 Å². The van der Waals surface area contributed by atoms with E-state index < -0.39 is 21.9 Å². The summed E-state index contributed by atoms with van der Waals surface area (Å²) in [6.45, 7) is 1.20. The zero-order chi connectivity index (χ0) is 11.5. The summed E-state index contributed by atoms with van der Waals surface area (Å²) in [5, 5.41) is 12.0. The molecular weight excluding hydrogens is 218 g/mol. The van der Waals surface area contributed by atoms with E-state index in [2.05, 4.69) is 9.82 Å². The van der Waals surface area contributed by atoms with Gasteiger partial charge in [-0.05, 0) is 13.0 Å². The molecule has 0 bridgehead atoms. The van der Waals surface area contributed by atoms with E-state index in [9.17, 15) is 8.42 Å². The average Bonchev–Trinajstić information content (AvgIpc) is 2.60. The second-order valence-corrected chi connectivity index (χ2v) is 5.52. The van der Waals surface area contributed by atoms with Crippen molar-refractivity contribution < 1.29 is 13.5 Å². The monoisotopic (exact) mass is 233 g/mol. The van der Waals surface area contributed by atoms with Gasteiger partial charge in [0.2, 0.25) is 10.0 Å². The number of aromatic nitrogens is 2. The van der Waals surface area contributed by atoms with Crippen LogP contribution in [0.15, 0.2) is 12.3 Å². The van der Waals surface area contributed by atoms with Crippen molar-refractivity contribution in [2.24, 2.45) is 7.05 Å². The third-order valence-electron chi connectivity index (χ3n) is 2.01. The van der Waals surface area contributed by atoms with E-state index in [-0.39, 0.29) is 6.54 Å². The molecule has 15 heavy (non-hydrogen) atoms. The fourth-order valence-corrected chi connectivity index (χ4v) is 1.80. The van der Waals surface area contributed by atoms with Gasteiger partial charge in [-0.1, -0.05) is 0 Å². The highest BCUT2D eigenvalue weighted by molar-refractivity contribution is 7.90. The van der Waals surface area contributed by atoms with E-state index >= 15 is 0 Å². The third-order valence-corrected chi connectivity index (χ3v) is 3.77. The van der Waals surface area contributed by atoms with Crippen molar-refractivity contribution in [1.29, 1.82) is 0 Å². The summed E-state index contributed by atoms with van der Waals surface area (Å²) in [6.07, 6.45) is 1.74. The summed E-state index contributed by atoms with van der Waals surface area (Å²) in [5.41, 5.74) is 0.645. The van der Waals surface area contributed by atoms with Crippen LogP contribution in [0.4, 0.5) is 0 Å². The molecule has 1 rings (SSSR count). The molecule has 0 radical (unpaired) electrons. The van der Waals surface area contributed by atoms with Gasteiger partial charge in [-0.3, -0.25) is 4.68 Å². The largest absolute Gasteiger partial charge is 0.395 e. The number of rotatable bonds is 5. The molecule has 0 aromatic carbocycles. The summed E-state index contributed by atoms with van der Waals surface area (Å²) >= 11 is 0. The second-order valence-electron chi connectivity index (χ2n) is 3.34. The standard InChI is InChI=1S/C8H15N3O3S/c1-7(6-12)15(13,14)9-5-8-3-4-11(2)10-8/h3-4,7,9,12H,5-6H2,1-2H3. The molecule has 0 fully saturated rings. The van der Waals surface area contributed by atoms with Crippen molar-refractivity contribution in [2.75, 3.05) is 6.61 Å². The van der Waals surface area contributed by atoms with Gasteiger partial charge in [0, 0.05) is 13.2 Å². The number of sulfonamides is 1. The molecule has 0 aliphatic heterocycles. The summed E-state index contributed by atoms with van der Waals surface area (Å²) in [7, 11) is -1.69. The fourth-order valence-electron chi connectivity index (χ4n) is 0.972. The van der Waals surface area contributed by atoms with E-state index in [4.69, 9.17) is 5.11 Å². The third kappa shape index (κ3) is 3.29. The summed E-state index contributed by atoms with van der Waals surface area (Å²) < 4.78 is 26.8. The van der Waals surface area contributed by atoms with Crippen LogP contribution < -0.4 is 4.72 Å². The highest BCUT2D eigenvalue weighted by Crippen LogP contribution is 1.99. The minimum atomic E-state index is -3.45. The first-order valence-electron chi connectivity index (χ1n) is 4.53. The van der Waals surface area contributed by atoms with Crippen molar-refractivity contribution in [3.8, 4) is 0 Å². The molecule has 7 heteroatoms. The van der Waals surface area contributed by atoms with Crippen LogP contribution in [0.25, 0.3) is 0 Å². The number of aryl methyl sites for hydroxylation is 1. The topological polar surface area (TPSA) is 84.2 Å². The van der Waals surface area contributed by atoms with Gasteiger partial charge in [0.15, 0.2) is 0 Å². The van der Waals surface area contributed by atoms with Gasteiger partial charge >= 0.3 is 0 Å². The molecule has 2 N–H and O–H groups in total. The van der Waals surface area contributed by atoms with Gasteiger partial charge in [0.1, 0.15) is 0 Å². The zero-order valence-corrected chi connectivity index (χ0v) is 9.53. The predicted octanol–water partition coefficient (Wildman–Crippen LogP) is -0.780. The summed E-state index contributed by atoms with van der Waals surface area (Å²) in [4.78, 5) is 0. The lowest BCUT2D eigenvalue weighted by Gasteiger charge is -2.09. The number of hydrogen-bond acceptors (Lipinski definition) is 4. The maximum absolute atomic E-state index is 11.4. The van der Waals surface area contributed by atoms with Crippen LogP contribution in [0, 0.1) is 0 Å². The van der Waals surface area contributed by atoms with Gasteiger partial charge in [0.25, 0.3) is 0 Å². The SMILES string of the molecule is CC(CO)S(=O)(=O)NCc1ccn(C)n1. The Bertz CT molecular complexity index is 413. The van der Waals surface area contributed by atoms with Gasteiger partial charge in [-0.2, -0.15) is 5.10 Å². The molecule has 1 aromatic rings. The first-order chi connectivity index (χ1) is 6.95. The lowest BCUT2D eigenvalue weighted by atomic mass is 10.4. The smallest absolute Gasteiger partial charge is 0.216 e. The minimum Gasteiger partial charge on any atom is -0.395 e. The maximum atomic E-state index is 11.4. The summed E-state index contributed by atoms with van der Waals surface area (Å²) in [5.74, 6) is 0. The molecule has 1 aromatic heterocycles. The predicted molar refractivity (Wildman–Crippen MR) is 55.5 cm³/mol. The van der Waals surface area contributed by atoms with Gasteiger partial charge in [-0.15, -0.1) is 0 Å². The normalized spacial score (nSPS) is 14.1. The highest BCUT2D eigenvalue weighted by atomic mass is 32.2. The minimum absolute atomic E-state index is 0.146. The molecule has 0 spiro atoms. The Labute approximate surface area is 89.0 Å². The van der Waals surface area contributed by atoms with Crippen molar-refractivity contribution in [3.05, 3.63) is 18.0 Å². The van der Waals surface area contributed by atoms with Crippen molar-refractivity contribution >= 4 is 10.0 Å². The average molecular weight is 233 g/mol. The van der Waals surface area contributed by atoms with Crippen molar-refractivity contribution in [2.45, 2.75) is 18.7 Å². The molecule has 0 aliphatic carbocycles. The van der Waals surface area contributed by atoms with Crippen LogP contribution in [0.5, 0.6) is 0 Å². The molecule has 1 unspecified atom stereocenters. The van der Waals surface area contributed by atoms with Gasteiger partial charge < -0.3 is 5.11 Å². The van der Waals surface area contributed by atoms with Crippen LogP contribution in [-0.2, 0) is 23.6 Å². The number of nitrogens with zero attached hydrogens (tertiary/aromatic N) is 2. The number of hydrogen-bond donors (Lipinski definition) is 2. The maximum Gasteiger partial charge on any atom is 0.216 e. The Morgan fingerprint density at radius 1 is 1.67 bits per heavy atom. The molecule has 86 valence electrons. The quantitative estimate of drug-likeness (QED) is 0.699. The molecule has 1 atom stereocenters. The Balaban J connectivity index is 2.57. The molecule has 1 heterocycles. The molecule has 0 amide bonds. The molecule has 0 saturated heterocycles. The Hall–Kier alpha value is -0.920. The van der Waals surface area contributed by atoms with Crippen LogP contribution >= 0.6 is 0 Å². The van der Waals surface area contributed by atoms with Crippen molar-refractivity contribution in [1.82, 2.24) is 14.5 Å². The van der Waals surface area contributed by atoms with E-state index in [1.807, 2.05) is 0 Å². The number of aliphatic hydroxyl groups excluding tert-OH is 1. The van der Waals surface area contributed by atoms with Crippen molar-refractivity contribution in [3.63, 3.8) is 0 Å². The fraction of sp³-hybridized carbons (Fsp3) is 0.625. The first kappa shape index (κ1) is 12.2. The van der Waals surface area contributed by atoms with E-state index in [0.717, 1.165) is 0 Å². The highest BCUT2D eigenvalue weighted by Gasteiger charge is 2.19. The summed E-state index contributed by atoms with van der Waals surface area (Å²) in [6, 6.07) is 1.73. The van der Waals surface area contributed by atoms with E-state index in [1.54, 1.807) is 24.0 Å². The van der Waals surface area contributed by atoms with Crippen LogP contribution in [-0.4, -0.2) is 35.2 Å². The van der Waals surface area contributed by atoms with Gasteiger partial charge in [0.05, 0.1) is 24.1 Å².